The minimum absolute atomic E-state index is 0.0661. The summed E-state index contributed by atoms with van der Waals surface area (Å²) in [6.45, 7) is 5.94. The van der Waals surface area contributed by atoms with E-state index in [9.17, 15) is 14.4 Å². The van der Waals surface area contributed by atoms with Crippen molar-refractivity contribution in [1.29, 1.82) is 0 Å². The van der Waals surface area contributed by atoms with Crippen LogP contribution in [-0.4, -0.2) is 42.0 Å². The van der Waals surface area contributed by atoms with Gasteiger partial charge in [-0.2, -0.15) is 0 Å². The van der Waals surface area contributed by atoms with Crippen LogP contribution >= 0.6 is 0 Å². The standard InChI is InChI=1S/C30H45N3O4/c1-5-6-7-8-11-21-14-16-22(17-15-21)28(34)32-26(29(35)33-27(20(2)3)30(36)37-4)18-23-19-31-25-13-10-9-12-24(23)25/h9-10,12-13,19-22,26-27,31H,5-8,11,14-18H2,1-4H3,(H,32,34)(H,33,35)/t21?,22?,26-,27+/m0/s1. The summed E-state index contributed by atoms with van der Waals surface area (Å²) in [4.78, 5) is 42.3. The summed E-state index contributed by atoms with van der Waals surface area (Å²) in [6.07, 6.45) is 12.5. The van der Waals surface area contributed by atoms with E-state index in [1.54, 1.807) is 0 Å². The topological polar surface area (TPSA) is 100 Å². The van der Waals surface area contributed by atoms with E-state index in [1.807, 2.05) is 44.3 Å². The number of unbranched alkanes of at least 4 members (excludes halogenated alkanes) is 3. The third-order valence-electron chi connectivity index (χ3n) is 7.83. The molecule has 1 heterocycles. The maximum absolute atomic E-state index is 13.4. The second-order valence-corrected chi connectivity index (χ2v) is 10.9. The van der Waals surface area contributed by atoms with E-state index >= 15 is 0 Å². The first-order valence-corrected chi connectivity index (χ1v) is 14.1. The van der Waals surface area contributed by atoms with E-state index in [0.29, 0.717) is 12.3 Å². The molecule has 1 aliphatic carbocycles. The number of rotatable bonds is 13. The van der Waals surface area contributed by atoms with Gasteiger partial charge in [-0.15, -0.1) is 0 Å². The van der Waals surface area contributed by atoms with Gasteiger partial charge in [-0.1, -0.05) is 71.1 Å². The second-order valence-electron chi connectivity index (χ2n) is 10.9. The molecule has 1 aromatic heterocycles. The molecule has 0 bridgehead atoms. The van der Waals surface area contributed by atoms with Crippen LogP contribution in [0.1, 0.15) is 84.1 Å². The van der Waals surface area contributed by atoms with E-state index in [0.717, 1.165) is 42.1 Å². The van der Waals surface area contributed by atoms with Crippen LogP contribution in [0.4, 0.5) is 0 Å². The van der Waals surface area contributed by atoms with E-state index in [4.69, 9.17) is 4.74 Å². The summed E-state index contributed by atoms with van der Waals surface area (Å²) in [5, 5.41) is 6.91. The van der Waals surface area contributed by atoms with Gasteiger partial charge in [0.1, 0.15) is 12.1 Å². The van der Waals surface area contributed by atoms with Crippen LogP contribution < -0.4 is 10.6 Å². The molecular weight excluding hydrogens is 466 g/mol. The van der Waals surface area contributed by atoms with Crippen molar-refractivity contribution >= 4 is 28.7 Å². The lowest BCUT2D eigenvalue weighted by Crippen LogP contribution is -2.55. The average molecular weight is 512 g/mol. The number of hydrogen-bond acceptors (Lipinski definition) is 4. The number of ether oxygens (including phenoxy) is 1. The predicted molar refractivity (Wildman–Crippen MR) is 147 cm³/mol. The number of carbonyl (C=O) groups is 3. The maximum atomic E-state index is 13.4. The molecule has 1 fully saturated rings. The van der Waals surface area contributed by atoms with Crippen molar-refractivity contribution in [3.8, 4) is 0 Å². The van der Waals surface area contributed by atoms with Crippen molar-refractivity contribution in [2.24, 2.45) is 17.8 Å². The monoisotopic (exact) mass is 511 g/mol. The number of aromatic amines is 1. The van der Waals surface area contributed by atoms with Gasteiger partial charge >= 0.3 is 5.97 Å². The van der Waals surface area contributed by atoms with Crippen molar-refractivity contribution < 1.29 is 19.1 Å². The Labute approximate surface area is 221 Å². The van der Waals surface area contributed by atoms with Crippen LogP contribution in [0.15, 0.2) is 30.5 Å². The molecule has 2 amide bonds. The fraction of sp³-hybridized carbons (Fsp3) is 0.633. The number of hydrogen-bond donors (Lipinski definition) is 3. The lowest BCUT2D eigenvalue weighted by atomic mass is 9.79. The first-order chi connectivity index (χ1) is 17.8. The smallest absolute Gasteiger partial charge is 0.328 e. The highest BCUT2D eigenvalue weighted by Gasteiger charge is 2.32. The number of benzene rings is 1. The summed E-state index contributed by atoms with van der Waals surface area (Å²) < 4.78 is 4.90. The molecule has 1 aliphatic rings. The Morgan fingerprint density at radius 3 is 2.43 bits per heavy atom. The van der Waals surface area contributed by atoms with E-state index in [1.165, 1.54) is 39.2 Å². The molecule has 1 aromatic carbocycles. The molecule has 0 aliphatic heterocycles. The molecule has 0 unspecified atom stereocenters. The number of para-hydroxylation sites is 1. The Morgan fingerprint density at radius 2 is 1.76 bits per heavy atom. The third-order valence-corrected chi connectivity index (χ3v) is 7.83. The highest BCUT2D eigenvalue weighted by atomic mass is 16.5. The highest BCUT2D eigenvalue weighted by molar-refractivity contribution is 5.92. The van der Waals surface area contributed by atoms with Crippen LogP contribution in [-0.2, 0) is 25.5 Å². The van der Waals surface area contributed by atoms with Crippen LogP contribution in [0, 0.1) is 17.8 Å². The highest BCUT2D eigenvalue weighted by Crippen LogP contribution is 2.32. The molecule has 1 saturated carbocycles. The van der Waals surface area contributed by atoms with Gasteiger partial charge in [0.15, 0.2) is 0 Å². The van der Waals surface area contributed by atoms with Gasteiger partial charge in [0.25, 0.3) is 0 Å². The Hall–Kier alpha value is -2.83. The lowest BCUT2D eigenvalue weighted by Gasteiger charge is -2.30. The second kappa shape index (κ2) is 14.2. The van der Waals surface area contributed by atoms with Gasteiger partial charge in [-0.25, -0.2) is 4.79 Å². The molecule has 37 heavy (non-hydrogen) atoms. The molecule has 2 aromatic rings. The molecule has 7 heteroatoms. The Bertz CT molecular complexity index is 1020. The van der Waals surface area contributed by atoms with E-state index in [-0.39, 0.29) is 23.7 Å². The van der Waals surface area contributed by atoms with Crippen LogP contribution in [0.5, 0.6) is 0 Å². The fourth-order valence-electron chi connectivity index (χ4n) is 5.47. The zero-order valence-corrected chi connectivity index (χ0v) is 23.0. The average Bonchev–Trinajstić information content (AvgIpc) is 3.31. The molecule has 0 spiro atoms. The Kier molecular flexibility index (Phi) is 11.0. The van der Waals surface area contributed by atoms with Gasteiger partial charge in [-0.3, -0.25) is 9.59 Å². The van der Waals surface area contributed by atoms with Crippen LogP contribution in [0.2, 0.25) is 0 Å². The molecular formula is C30H45N3O4. The number of H-pyrrole nitrogens is 1. The van der Waals surface area contributed by atoms with E-state index in [2.05, 4.69) is 22.5 Å². The summed E-state index contributed by atoms with van der Waals surface area (Å²) in [5.41, 5.74) is 1.93. The molecule has 204 valence electrons. The quantitative estimate of drug-likeness (QED) is 0.251. The molecule has 7 nitrogen and oxygen atoms in total. The molecule has 3 rings (SSSR count). The molecule has 2 atom stereocenters. The normalized spacial score (nSPS) is 19.4. The SMILES string of the molecule is CCCCCCC1CCC(C(=O)N[C@@H](Cc2c[nH]c3ccccc23)C(=O)N[C@@H](C(=O)OC)C(C)C)CC1. The summed E-state index contributed by atoms with van der Waals surface area (Å²) in [6, 6.07) is 6.34. The fourth-order valence-corrected chi connectivity index (χ4v) is 5.47. The van der Waals surface area contributed by atoms with Gasteiger partial charge in [0.05, 0.1) is 7.11 Å². The summed E-state index contributed by atoms with van der Waals surface area (Å²) in [5.74, 6) is -0.438. The van der Waals surface area contributed by atoms with Crippen molar-refractivity contribution in [3.63, 3.8) is 0 Å². The van der Waals surface area contributed by atoms with Crippen molar-refractivity contribution in [2.75, 3.05) is 7.11 Å². The van der Waals surface area contributed by atoms with Crippen LogP contribution in [0.3, 0.4) is 0 Å². The number of methoxy groups -OCH3 is 1. The van der Waals surface area contributed by atoms with Crippen molar-refractivity contribution in [3.05, 3.63) is 36.0 Å². The number of carbonyl (C=O) groups excluding carboxylic acids is 3. The molecule has 0 saturated heterocycles. The zero-order valence-electron chi connectivity index (χ0n) is 23.0. The zero-order chi connectivity index (χ0) is 26.8. The first kappa shape index (κ1) is 28.7. The summed E-state index contributed by atoms with van der Waals surface area (Å²) >= 11 is 0. The Balaban J connectivity index is 1.68. The molecule has 3 N–H and O–H groups in total. The predicted octanol–water partition coefficient (Wildman–Crippen LogP) is 5.29. The number of fused-ring (bicyclic) bond motifs is 1. The minimum Gasteiger partial charge on any atom is -0.467 e. The lowest BCUT2D eigenvalue weighted by molar-refractivity contribution is -0.146. The van der Waals surface area contributed by atoms with Gasteiger partial charge in [0.2, 0.25) is 11.8 Å². The van der Waals surface area contributed by atoms with Crippen molar-refractivity contribution in [2.45, 2.75) is 97.1 Å². The number of aromatic nitrogens is 1. The molecule has 0 radical (unpaired) electrons. The van der Waals surface area contributed by atoms with Crippen LogP contribution in [0.25, 0.3) is 10.9 Å². The van der Waals surface area contributed by atoms with Gasteiger partial charge in [0, 0.05) is 29.4 Å². The van der Waals surface area contributed by atoms with Gasteiger partial charge in [-0.05, 0) is 49.1 Å². The largest absolute Gasteiger partial charge is 0.467 e. The van der Waals surface area contributed by atoms with E-state index < -0.39 is 18.1 Å². The Morgan fingerprint density at radius 1 is 1.03 bits per heavy atom. The number of esters is 1. The van der Waals surface area contributed by atoms with Gasteiger partial charge < -0.3 is 20.4 Å². The third kappa shape index (κ3) is 8.08. The number of amides is 2. The number of nitrogens with one attached hydrogen (secondary N) is 3. The first-order valence-electron chi connectivity index (χ1n) is 14.1. The minimum atomic E-state index is -0.788. The van der Waals surface area contributed by atoms with Crippen molar-refractivity contribution in [1.82, 2.24) is 15.6 Å². The maximum Gasteiger partial charge on any atom is 0.328 e. The summed E-state index contributed by atoms with van der Waals surface area (Å²) in [7, 11) is 1.31.